The fourth-order valence-corrected chi connectivity index (χ4v) is 2.86. The molecule has 0 unspecified atom stereocenters. The summed E-state index contributed by atoms with van der Waals surface area (Å²) in [5, 5.41) is 9.53. The van der Waals surface area contributed by atoms with Gasteiger partial charge in [0.25, 0.3) is 0 Å². The van der Waals surface area contributed by atoms with Crippen LogP contribution in [-0.2, 0) is 6.54 Å². The Morgan fingerprint density at radius 3 is 2.62 bits per heavy atom. The number of aromatic nitrogens is 2. The van der Waals surface area contributed by atoms with E-state index in [4.69, 9.17) is 4.74 Å². The van der Waals surface area contributed by atoms with Gasteiger partial charge in [0.05, 0.1) is 12.6 Å². The molecular weight excluding hydrogens is 308 g/mol. The molecule has 0 saturated heterocycles. The molecule has 1 N–H and O–H groups in total. The second-order valence-corrected chi connectivity index (χ2v) is 5.85. The minimum Gasteiger partial charge on any atom is -0.480 e. The Hall–Kier alpha value is -2.37. The van der Waals surface area contributed by atoms with Crippen LogP contribution in [0.15, 0.2) is 23.3 Å². The van der Waals surface area contributed by atoms with E-state index in [1.54, 1.807) is 12.3 Å². The highest BCUT2D eigenvalue weighted by molar-refractivity contribution is 5.94. The third-order valence-corrected chi connectivity index (χ3v) is 4.14. The molecule has 0 aliphatic carbocycles. The van der Waals surface area contributed by atoms with E-state index in [0.717, 1.165) is 12.8 Å². The molecule has 2 rings (SSSR count). The molecule has 0 aromatic carbocycles. The van der Waals surface area contributed by atoms with Crippen molar-refractivity contribution < 1.29 is 14.6 Å². The van der Waals surface area contributed by atoms with Gasteiger partial charge in [-0.1, -0.05) is 39.0 Å². The van der Waals surface area contributed by atoms with E-state index in [2.05, 4.69) is 11.9 Å². The summed E-state index contributed by atoms with van der Waals surface area (Å²) in [5.41, 5.74) is -0.146. The lowest BCUT2D eigenvalue weighted by atomic mass is 10.1. The SMILES string of the molecule is CCCCCCCCn1cc(C(=O)O)c(=O)c2c(OC)nccc21. The molecule has 0 radical (unpaired) electrons. The van der Waals surface area contributed by atoms with Crippen LogP contribution < -0.4 is 10.2 Å². The highest BCUT2D eigenvalue weighted by Crippen LogP contribution is 2.21. The van der Waals surface area contributed by atoms with Crippen molar-refractivity contribution in [2.75, 3.05) is 7.11 Å². The van der Waals surface area contributed by atoms with Crippen molar-refractivity contribution in [1.29, 1.82) is 0 Å². The first kappa shape index (κ1) is 18.0. The van der Waals surface area contributed by atoms with Gasteiger partial charge in [-0.25, -0.2) is 9.78 Å². The van der Waals surface area contributed by atoms with Gasteiger partial charge in [-0.3, -0.25) is 4.79 Å². The van der Waals surface area contributed by atoms with E-state index in [9.17, 15) is 14.7 Å². The maximum atomic E-state index is 12.4. The summed E-state index contributed by atoms with van der Waals surface area (Å²) in [6.07, 6.45) is 9.86. The van der Waals surface area contributed by atoms with Gasteiger partial charge in [0.1, 0.15) is 10.9 Å². The van der Waals surface area contributed by atoms with E-state index in [1.165, 1.54) is 39.0 Å². The van der Waals surface area contributed by atoms with E-state index in [0.29, 0.717) is 12.1 Å². The Morgan fingerprint density at radius 2 is 1.96 bits per heavy atom. The largest absolute Gasteiger partial charge is 0.480 e. The van der Waals surface area contributed by atoms with Gasteiger partial charge in [-0.2, -0.15) is 0 Å². The lowest BCUT2D eigenvalue weighted by Crippen LogP contribution is -2.20. The Labute approximate surface area is 141 Å². The second-order valence-electron chi connectivity index (χ2n) is 5.85. The number of hydrogen-bond donors (Lipinski definition) is 1. The van der Waals surface area contributed by atoms with E-state index in [1.807, 2.05) is 4.57 Å². The first-order valence-electron chi connectivity index (χ1n) is 8.39. The lowest BCUT2D eigenvalue weighted by Gasteiger charge is -2.13. The molecule has 0 atom stereocenters. The van der Waals surface area contributed by atoms with Crippen molar-refractivity contribution in [3.05, 3.63) is 34.2 Å². The molecule has 2 aromatic heterocycles. The minimum absolute atomic E-state index is 0.164. The van der Waals surface area contributed by atoms with Crippen molar-refractivity contribution in [2.24, 2.45) is 0 Å². The molecule has 0 fully saturated rings. The number of fused-ring (bicyclic) bond motifs is 1. The number of pyridine rings is 2. The predicted molar refractivity (Wildman–Crippen MR) is 92.9 cm³/mol. The van der Waals surface area contributed by atoms with Crippen LogP contribution >= 0.6 is 0 Å². The quantitative estimate of drug-likeness (QED) is 0.711. The summed E-state index contributed by atoms with van der Waals surface area (Å²) in [6, 6.07) is 1.72. The maximum absolute atomic E-state index is 12.4. The molecule has 0 saturated carbocycles. The smallest absolute Gasteiger partial charge is 0.341 e. The molecule has 0 aliphatic rings. The van der Waals surface area contributed by atoms with Crippen LogP contribution in [0.2, 0.25) is 0 Å². The Balaban J connectivity index is 2.33. The molecule has 24 heavy (non-hydrogen) atoms. The van der Waals surface area contributed by atoms with Gasteiger partial charge in [-0.05, 0) is 12.5 Å². The number of methoxy groups -OCH3 is 1. The minimum atomic E-state index is -1.23. The molecule has 6 nitrogen and oxygen atoms in total. The fourth-order valence-electron chi connectivity index (χ4n) is 2.86. The van der Waals surface area contributed by atoms with Crippen molar-refractivity contribution in [3.63, 3.8) is 0 Å². The number of rotatable bonds is 9. The Bertz CT molecular complexity index is 767. The fraction of sp³-hybridized carbons (Fsp3) is 0.500. The van der Waals surface area contributed by atoms with Gasteiger partial charge in [0.15, 0.2) is 0 Å². The summed E-state index contributed by atoms with van der Waals surface area (Å²) < 4.78 is 6.97. The highest BCUT2D eigenvalue weighted by atomic mass is 16.5. The molecule has 0 aliphatic heterocycles. The Kier molecular flexibility index (Phi) is 6.35. The van der Waals surface area contributed by atoms with E-state index < -0.39 is 11.4 Å². The summed E-state index contributed by atoms with van der Waals surface area (Å²) in [5.74, 6) is -1.07. The molecule has 2 heterocycles. The first-order chi connectivity index (χ1) is 11.6. The molecule has 6 heteroatoms. The van der Waals surface area contributed by atoms with Gasteiger partial charge < -0.3 is 14.4 Å². The maximum Gasteiger partial charge on any atom is 0.341 e. The third-order valence-electron chi connectivity index (χ3n) is 4.14. The van der Waals surface area contributed by atoms with Crippen LogP contribution in [0.3, 0.4) is 0 Å². The van der Waals surface area contributed by atoms with Gasteiger partial charge >= 0.3 is 5.97 Å². The summed E-state index contributed by atoms with van der Waals surface area (Å²) in [6.45, 7) is 2.84. The number of nitrogens with zero attached hydrogens (tertiary/aromatic N) is 2. The summed E-state index contributed by atoms with van der Waals surface area (Å²) in [7, 11) is 1.42. The predicted octanol–water partition coefficient (Wildman–Crippen LogP) is 3.46. The number of aryl methyl sites for hydroxylation is 1. The Morgan fingerprint density at radius 1 is 1.25 bits per heavy atom. The zero-order chi connectivity index (χ0) is 17.5. The van der Waals surface area contributed by atoms with Crippen molar-refractivity contribution >= 4 is 16.9 Å². The van der Waals surface area contributed by atoms with Crippen molar-refractivity contribution in [1.82, 2.24) is 9.55 Å². The van der Waals surface area contributed by atoms with Crippen LogP contribution in [0.1, 0.15) is 55.8 Å². The molecular formula is C18H24N2O4. The number of hydrogen-bond acceptors (Lipinski definition) is 4. The van der Waals surface area contributed by atoms with Crippen LogP contribution in [0.5, 0.6) is 5.88 Å². The lowest BCUT2D eigenvalue weighted by molar-refractivity contribution is 0.0695. The molecule has 0 spiro atoms. The first-order valence-corrected chi connectivity index (χ1v) is 8.39. The monoisotopic (exact) mass is 332 g/mol. The average Bonchev–Trinajstić information content (AvgIpc) is 2.58. The van der Waals surface area contributed by atoms with E-state index in [-0.39, 0.29) is 16.8 Å². The number of carboxylic acids is 1. The summed E-state index contributed by atoms with van der Waals surface area (Å²) in [4.78, 5) is 27.9. The number of ether oxygens (including phenoxy) is 1. The molecule has 0 amide bonds. The van der Waals surface area contributed by atoms with E-state index >= 15 is 0 Å². The zero-order valence-corrected chi connectivity index (χ0v) is 14.2. The third kappa shape index (κ3) is 3.93. The normalized spacial score (nSPS) is 10.9. The second kappa shape index (κ2) is 8.47. The van der Waals surface area contributed by atoms with Crippen LogP contribution in [-0.4, -0.2) is 27.7 Å². The summed E-state index contributed by atoms with van der Waals surface area (Å²) >= 11 is 0. The van der Waals surface area contributed by atoms with Crippen LogP contribution in [0.25, 0.3) is 10.9 Å². The highest BCUT2D eigenvalue weighted by Gasteiger charge is 2.18. The standard InChI is InChI=1S/C18H24N2O4/c1-3-4-5-6-7-8-11-20-12-13(18(22)23)16(21)15-14(20)9-10-19-17(15)24-2/h9-10,12H,3-8,11H2,1-2H3,(H,22,23). The topological polar surface area (TPSA) is 81.4 Å². The van der Waals surface area contributed by atoms with Gasteiger partial charge in [0.2, 0.25) is 11.3 Å². The van der Waals surface area contributed by atoms with Crippen molar-refractivity contribution in [3.8, 4) is 5.88 Å². The van der Waals surface area contributed by atoms with Gasteiger partial charge in [0, 0.05) is 18.9 Å². The van der Waals surface area contributed by atoms with Crippen molar-refractivity contribution in [2.45, 2.75) is 52.0 Å². The van der Waals surface area contributed by atoms with Crippen LogP contribution in [0, 0.1) is 0 Å². The average molecular weight is 332 g/mol. The number of unbranched alkanes of at least 4 members (excludes halogenated alkanes) is 5. The zero-order valence-electron chi connectivity index (χ0n) is 14.2. The van der Waals surface area contributed by atoms with Crippen LogP contribution in [0.4, 0.5) is 0 Å². The molecule has 2 aromatic rings. The number of carboxylic acid groups (broad SMARTS) is 1. The number of carbonyl (C=O) groups is 1. The number of aromatic carboxylic acids is 1. The molecule has 0 bridgehead atoms. The molecule has 130 valence electrons. The van der Waals surface area contributed by atoms with Gasteiger partial charge in [-0.15, -0.1) is 0 Å².